The predicted molar refractivity (Wildman–Crippen MR) is 91.8 cm³/mol. The highest BCUT2D eigenvalue weighted by Gasteiger charge is 2.30. The zero-order chi connectivity index (χ0) is 15.0. The molecular formula is C17H18BrN3. The summed E-state index contributed by atoms with van der Waals surface area (Å²) in [6.45, 7) is 5.00. The minimum Gasteiger partial charge on any atom is -0.369 e. The van der Waals surface area contributed by atoms with E-state index in [1.807, 2.05) is 12.1 Å². The normalized spacial score (nSPS) is 18.0. The summed E-state index contributed by atoms with van der Waals surface area (Å²) in [5.41, 5.74) is 11.1. The van der Waals surface area contributed by atoms with Gasteiger partial charge >= 0.3 is 0 Å². The van der Waals surface area contributed by atoms with Crippen molar-refractivity contribution < 1.29 is 0 Å². The molecule has 4 heteroatoms. The lowest BCUT2D eigenvalue weighted by Gasteiger charge is -2.29. The third kappa shape index (κ3) is 2.56. The Balaban J connectivity index is 2.07. The van der Waals surface area contributed by atoms with Gasteiger partial charge in [0.1, 0.15) is 0 Å². The molecule has 0 aromatic heterocycles. The van der Waals surface area contributed by atoms with E-state index < -0.39 is 0 Å². The van der Waals surface area contributed by atoms with E-state index in [-0.39, 0.29) is 6.04 Å². The lowest BCUT2D eigenvalue weighted by atomic mass is 9.95. The topological polar surface area (TPSA) is 41.6 Å². The van der Waals surface area contributed by atoms with Crippen LogP contribution in [0.2, 0.25) is 0 Å². The van der Waals surface area contributed by atoms with Crippen LogP contribution in [0, 0.1) is 13.8 Å². The Kier molecular flexibility index (Phi) is 3.72. The summed E-state index contributed by atoms with van der Waals surface area (Å²) >= 11 is 3.53. The van der Waals surface area contributed by atoms with Crippen molar-refractivity contribution in [3.63, 3.8) is 0 Å². The number of hydrogen-bond donors (Lipinski definition) is 1. The second kappa shape index (κ2) is 5.53. The molecule has 0 saturated carbocycles. The quantitative estimate of drug-likeness (QED) is 0.897. The van der Waals surface area contributed by atoms with Gasteiger partial charge in [-0.15, -0.1) is 0 Å². The van der Waals surface area contributed by atoms with Crippen LogP contribution in [0.15, 0.2) is 51.9 Å². The molecule has 1 aliphatic rings. The van der Waals surface area contributed by atoms with Crippen LogP contribution in [-0.2, 0) is 0 Å². The molecule has 2 aromatic rings. The Bertz CT molecular complexity index is 689. The number of aryl methyl sites for hydroxylation is 2. The van der Waals surface area contributed by atoms with Gasteiger partial charge in [-0.25, -0.2) is 0 Å². The number of nitrogens with zero attached hydrogens (tertiary/aromatic N) is 2. The van der Waals surface area contributed by atoms with Crippen LogP contribution in [0.5, 0.6) is 0 Å². The summed E-state index contributed by atoms with van der Waals surface area (Å²) < 4.78 is 1.04. The summed E-state index contributed by atoms with van der Waals surface area (Å²) in [5, 5.41) is 0. The third-order valence-electron chi connectivity index (χ3n) is 3.95. The summed E-state index contributed by atoms with van der Waals surface area (Å²) in [7, 11) is 0. The number of halogens is 1. The Morgan fingerprint density at radius 1 is 1.14 bits per heavy atom. The monoisotopic (exact) mass is 343 g/mol. The van der Waals surface area contributed by atoms with Crippen LogP contribution in [0.25, 0.3) is 0 Å². The van der Waals surface area contributed by atoms with Gasteiger partial charge in [-0.3, -0.25) is 4.99 Å². The summed E-state index contributed by atoms with van der Waals surface area (Å²) in [6, 6.07) is 14.7. The Labute approximate surface area is 133 Å². The van der Waals surface area contributed by atoms with Crippen LogP contribution in [0.3, 0.4) is 0 Å². The first-order chi connectivity index (χ1) is 10.1. The largest absolute Gasteiger partial charge is 0.369 e. The summed E-state index contributed by atoms with van der Waals surface area (Å²) in [4.78, 5) is 6.59. The number of rotatable bonds is 2. The van der Waals surface area contributed by atoms with Gasteiger partial charge in [0, 0.05) is 10.2 Å². The molecule has 2 N–H and O–H groups in total. The number of anilines is 1. The highest BCUT2D eigenvalue weighted by atomic mass is 79.9. The van der Waals surface area contributed by atoms with Crippen molar-refractivity contribution in [3.8, 4) is 0 Å². The second-order valence-electron chi connectivity index (χ2n) is 5.37. The number of nitrogens with two attached hydrogens (primary N) is 1. The number of hydrogen-bond acceptors (Lipinski definition) is 3. The van der Waals surface area contributed by atoms with Crippen LogP contribution < -0.4 is 10.6 Å². The average Bonchev–Trinajstić information content (AvgIpc) is 2.80. The van der Waals surface area contributed by atoms with Crippen molar-refractivity contribution in [2.24, 2.45) is 10.7 Å². The van der Waals surface area contributed by atoms with Gasteiger partial charge in [0.05, 0.1) is 12.6 Å². The smallest absolute Gasteiger partial charge is 0.196 e. The van der Waals surface area contributed by atoms with E-state index in [9.17, 15) is 0 Å². The highest BCUT2D eigenvalue weighted by Crippen LogP contribution is 2.35. The van der Waals surface area contributed by atoms with Crippen LogP contribution >= 0.6 is 15.9 Å². The molecular weight excluding hydrogens is 326 g/mol. The van der Waals surface area contributed by atoms with Crippen molar-refractivity contribution in [2.45, 2.75) is 19.9 Å². The molecule has 0 bridgehead atoms. The number of aliphatic imine (C=N–C) groups is 1. The van der Waals surface area contributed by atoms with E-state index >= 15 is 0 Å². The minimum absolute atomic E-state index is 0.167. The Hall–Kier alpha value is -1.81. The number of guanidine groups is 1. The zero-order valence-corrected chi connectivity index (χ0v) is 13.8. The van der Waals surface area contributed by atoms with Gasteiger partial charge in [0.2, 0.25) is 0 Å². The maximum absolute atomic E-state index is 6.15. The van der Waals surface area contributed by atoms with Crippen molar-refractivity contribution in [1.29, 1.82) is 0 Å². The lowest BCUT2D eigenvalue weighted by Crippen LogP contribution is -2.36. The van der Waals surface area contributed by atoms with Crippen molar-refractivity contribution in [3.05, 3.63) is 63.6 Å². The molecule has 0 radical (unpaired) electrons. The van der Waals surface area contributed by atoms with Crippen LogP contribution in [0.1, 0.15) is 22.7 Å². The standard InChI is InChI=1S/C17H18BrN3/c1-11-5-3-6-12(2)16(11)15-10-20-17(19)21(15)14-8-4-7-13(18)9-14/h3-9,15H,10H2,1-2H3,(H2,19,20). The van der Waals surface area contributed by atoms with Gasteiger partial charge in [-0.1, -0.05) is 40.2 Å². The SMILES string of the molecule is Cc1cccc(C)c1C1CN=C(N)N1c1cccc(Br)c1. The maximum Gasteiger partial charge on any atom is 0.196 e. The summed E-state index contributed by atoms with van der Waals surface area (Å²) in [6.07, 6.45) is 0. The first-order valence-electron chi connectivity index (χ1n) is 6.99. The van der Waals surface area contributed by atoms with E-state index in [4.69, 9.17) is 5.73 Å². The first-order valence-corrected chi connectivity index (χ1v) is 7.78. The molecule has 0 aliphatic carbocycles. The van der Waals surface area contributed by atoms with Gasteiger partial charge in [-0.05, 0) is 48.7 Å². The van der Waals surface area contributed by atoms with E-state index in [1.54, 1.807) is 0 Å². The van der Waals surface area contributed by atoms with Crippen molar-refractivity contribution in [1.82, 2.24) is 0 Å². The molecule has 3 nitrogen and oxygen atoms in total. The van der Waals surface area contributed by atoms with Gasteiger partial charge in [0.15, 0.2) is 5.96 Å². The van der Waals surface area contributed by atoms with Crippen molar-refractivity contribution >= 4 is 27.6 Å². The van der Waals surface area contributed by atoms with E-state index in [1.165, 1.54) is 16.7 Å². The fourth-order valence-corrected chi connectivity index (χ4v) is 3.40. The predicted octanol–water partition coefficient (Wildman–Crippen LogP) is 3.94. The van der Waals surface area contributed by atoms with Crippen LogP contribution in [-0.4, -0.2) is 12.5 Å². The van der Waals surface area contributed by atoms with E-state index in [0.717, 1.165) is 10.2 Å². The second-order valence-corrected chi connectivity index (χ2v) is 6.29. The fraction of sp³-hybridized carbons (Fsp3) is 0.235. The molecule has 2 aromatic carbocycles. The zero-order valence-electron chi connectivity index (χ0n) is 12.2. The minimum atomic E-state index is 0.167. The van der Waals surface area contributed by atoms with Crippen molar-refractivity contribution in [2.75, 3.05) is 11.4 Å². The third-order valence-corrected chi connectivity index (χ3v) is 4.44. The molecule has 1 aliphatic heterocycles. The molecule has 0 amide bonds. The molecule has 108 valence electrons. The molecule has 1 unspecified atom stereocenters. The maximum atomic E-state index is 6.15. The average molecular weight is 344 g/mol. The number of benzene rings is 2. The van der Waals surface area contributed by atoms with Gasteiger partial charge < -0.3 is 10.6 Å². The van der Waals surface area contributed by atoms with E-state index in [2.05, 4.69) is 70.0 Å². The molecule has 0 spiro atoms. The molecule has 0 fully saturated rings. The molecule has 21 heavy (non-hydrogen) atoms. The molecule has 3 rings (SSSR count). The van der Waals surface area contributed by atoms with Crippen LogP contribution in [0.4, 0.5) is 5.69 Å². The van der Waals surface area contributed by atoms with Gasteiger partial charge in [-0.2, -0.15) is 0 Å². The molecule has 1 atom stereocenters. The lowest BCUT2D eigenvalue weighted by molar-refractivity contribution is 0.756. The summed E-state index contributed by atoms with van der Waals surface area (Å²) in [5.74, 6) is 0.584. The Morgan fingerprint density at radius 3 is 2.48 bits per heavy atom. The molecule has 1 heterocycles. The molecule has 0 saturated heterocycles. The van der Waals surface area contributed by atoms with E-state index in [0.29, 0.717) is 12.5 Å². The highest BCUT2D eigenvalue weighted by molar-refractivity contribution is 9.10. The van der Waals surface area contributed by atoms with Gasteiger partial charge in [0.25, 0.3) is 0 Å². The Morgan fingerprint density at radius 2 is 1.81 bits per heavy atom. The fourth-order valence-electron chi connectivity index (χ4n) is 3.01. The first kappa shape index (κ1) is 14.1.